The molecule has 0 atom stereocenters. The van der Waals surface area contributed by atoms with Crippen LogP contribution in [0.25, 0.3) is 0 Å². The van der Waals surface area contributed by atoms with Crippen molar-refractivity contribution < 1.29 is 0 Å². The van der Waals surface area contributed by atoms with E-state index in [-0.39, 0.29) is 0 Å². The fourth-order valence-electron chi connectivity index (χ4n) is 2.03. The van der Waals surface area contributed by atoms with Gasteiger partial charge in [-0.3, -0.25) is 14.6 Å². The van der Waals surface area contributed by atoms with E-state index in [9.17, 15) is 0 Å². The topological polar surface area (TPSA) is 58.9 Å². The summed E-state index contributed by atoms with van der Waals surface area (Å²) in [4.78, 5) is 6.75. The summed E-state index contributed by atoms with van der Waals surface area (Å²) in [7, 11) is 4.00. The fourth-order valence-corrected chi connectivity index (χ4v) is 2.03. The van der Waals surface area contributed by atoms with Gasteiger partial charge in [0.2, 0.25) is 0 Å². The first-order valence-electron chi connectivity index (χ1n) is 6.82. The molecule has 0 saturated heterocycles. The first-order chi connectivity index (χ1) is 9.67. The Morgan fingerprint density at radius 3 is 2.90 bits per heavy atom. The predicted octanol–water partition coefficient (Wildman–Crippen LogP) is 0.833. The maximum absolute atomic E-state index is 4.51. The summed E-state index contributed by atoms with van der Waals surface area (Å²) >= 11 is 0. The van der Waals surface area contributed by atoms with Crippen molar-refractivity contribution in [2.75, 3.05) is 20.6 Å². The maximum atomic E-state index is 4.51. The lowest BCUT2D eigenvalue weighted by Crippen LogP contribution is -2.23. The Balaban J connectivity index is 1.80. The molecule has 2 rings (SSSR count). The fraction of sp³-hybridized carbons (Fsp3) is 0.500. The summed E-state index contributed by atoms with van der Waals surface area (Å²) in [6.07, 6.45) is 1.98. The van der Waals surface area contributed by atoms with E-state index in [2.05, 4.69) is 38.6 Å². The average molecular weight is 274 g/mol. The van der Waals surface area contributed by atoms with Crippen molar-refractivity contribution in [3.05, 3.63) is 41.5 Å². The zero-order chi connectivity index (χ0) is 14.4. The summed E-state index contributed by atoms with van der Waals surface area (Å²) < 4.78 is 1.88. The lowest BCUT2D eigenvalue weighted by atomic mass is 10.3. The van der Waals surface area contributed by atoms with Gasteiger partial charge in [0, 0.05) is 31.5 Å². The molecule has 0 amide bonds. The Morgan fingerprint density at radius 1 is 1.30 bits per heavy atom. The van der Waals surface area contributed by atoms with Crippen molar-refractivity contribution in [1.29, 1.82) is 0 Å². The van der Waals surface area contributed by atoms with Crippen molar-refractivity contribution in [2.24, 2.45) is 0 Å². The third-order valence-corrected chi connectivity index (χ3v) is 3.03. The predicted molar refractivity (Wildman–Crippen MR) is 78.1 cm³/mol. The van der Waals surface area contributed by atoms with Gasteiger partial charge in [0.15, 0.2) is 0 Å². The van der Waals surface area contributed by atoms with Gasteiger partial charge in [-0.1, -0.05) is 11.3 Å². The summed E-state index contributed by atoms with van der Waals surface area (Å²) in [6.45, 7) is 5.36. The van der Waals surface area contributed by atoms with Gasteiger partial charge in [0.25, 0.3) is 0 Å². The number of nitrogens with one attached hydrogen (secondary N) is 1. The minimum Gasteiger partial charge on any atom is -0.314 e. The summed E-state index contributed by atoms with van der Waals surface area (Å²) in [5.74, 6) is 0. The van der Waals surface area contributed by atoms with E-state index in [1.54, 1.807) is 0 Å². The first-order valence-corrected chi connectivity index (χ1v) is 6.82. The number of likely N-dealkylation sites (N-methyl/N-ethyl adjacent to an activating group) is 1. The number of aryl methyl sites for hydroxylation is 1. The number of pyridine rings is 1. The molecule has 0 aliphatic carbocycles. The quantitative estimate of drug-likeness (QED) is 0.810. The van der Waals surface area contributed by atoms with Crippen molar-refractivity contribution in [2.45, 2.75) is 26.6 Å². The lowest BCUT2D eigenvalue weighted by molar-refractivity contribution is 0.300. The highest BCUT2D eigenvalue weighted by molar-refractivity contribution is 5.09. The number of rotatable bonds is 7. The Kier molecular flexibility index (Phi) is 5.20. The number of aromatic nitrogens is 4. The van der Waals surface area contributed by atoms with Gasteiger partial charge in [-0.05, 0) is 33.2 Å². The van der Waals surface area contributed by atoms with E-state index in [1.807, 2.05) is 37.0 Å². The third-order valence-electron chi connectivity index (χ3n) is 3.03. The van der Waals surface area contributed by atoms with Gasteiger partial charge >= 0.3 is 0 Å². The minimum atomic E-state index is 0.753. The molecule has 0 fully saturated rings. The molecule has 108 valence electrons. The molecule has 0 spiro atoms. The summed E-state index contributed by atoms with van der Waals surface area (Å²) in [5.41, 5.74) is 3.13. The van der Waals surface area contributed by atoms with Gasteiger partial charge in [0.05, 0.1) is 17.9 Å². The van der Waals surface area contributed by atoms with E-state index in [0.717, 1.165) is 43.3 Å². The highest BCUT2D eigenvalue weighted by Gasteiger charge is 2.04. The molecule has 0 bridgehead atoms. The number of nitrogens with zero attached hydrogens (tertiary/aromatic N) is 5. The van der Waals surface area contributed by atoms with Gasteiger partial charge in [-0.2, -0.15) is 0 Å². The Bertz CT molecular complexity index is 536. The smallest absolute Gasteiger partial charge is 0.0964 e. The molecule has 0 unspecified atom stereocenters. The van der Waals surface area contributed by atoms with Crippen LogP contribution in [0.15, 0.2) is 24.4 Å². The molecule has 2 aromatic rings. The van der Waals surface area contributed by atoms with Crippen molar-refractivity contribution in [1.82, 2.24) is 30.2 Å². The van der Waals surface area contributed by atoms with E-state index in [1.165, 1.54) is 0 Å². The van der Waals surface area contributed by atoms with Crippen molar-refractivity contribution >= 4 is 0 Å². The van der Waals surface area contributed by atoms with Crippen LogP contribution in [-0.2, 0) is 19.6 Å². The van der Waals surface area contributed by atoms with Gasteiger partial charge in [0.1, 0.15) is 0 Å². The Labute approximate surface area is 119 Å². The van der Waals surface area contributed by atoms with Gasteiger partial charge in [-0.25, -0.2) is 0 Å². The molecule has 6 heteroatoms. The largest absolute Gasteiger partial charge is 0.314 e. The molecule has 0 aliphatic heterocycles. The molecule has 2 aromatic heterocycles. The number of hydrogen-bond acceptors (Lipinski definition) is 5. The van der Waals surface area contributed by atoms with Crippen LogP contribution in [0.3, 0.4) is 0 Å². The Morgan fingerprint density at radius 2 is 2.15 bits per heavy atom. The molecule has 0 aliphatic rings. The zero-order valence-corrected chi connectivity index (χ0v) is 12.4. The molecule has 0 saturated carbocycles. The standard InChI is InChI=1S/C14H22N6/c1-12-5-4-6-13(16-12)10-19(3)7-8-20-11-14(9-15-2)17-18-20/h4-6,11,15H,7-10H2,1-3H3. The van der Waals surface area contributed by atoms with Crippen LogP contribution in [0, 0.1) is 6.92 Å². The zero-order valence-electron chi connectivity index (χ0n) is 12.4. The van der Waals surface area contributed by atoms with Crippen LogP contribution in [-0.4, -0.2) is 45.5 Å². The molecule has 0 aromatic carbocycles. The second-order valence-electron chi connectivity index (χ2n) is 5.01. The average Bonchev–Trinajstić information content (AvgIpc) is 2.85. The summed E-state index contributed by atoms with van der Waals surface area (Å²) in [6, 6.07) is 6.12. The first kappa shape index (κ1) is 14.6. The van der Waals surface area contributed by atoms with Gasteiger partial charge in [-0.15, -0.1) is 5.10 Å². The molecular weight excluding hydrogens is 252 g/mol. The monoisotopic (exact) mass is 274 g/mol. The molecule has 6 nitrogen and oxygen atoms in total. The Hall–Kier alpha value is -1.79. The maximum Gasteiger partial charge on any atom is 0.0964 e. The second-order valence-corrected chi connectivity index (χ2v) is 5.01. The van der Waals surface area contributed by atoms with Crippen LogP contribution >= 0.6 is 0 Å². The summed E-state index contributed by atoms with van der Waals surface area (Å²) in [5, 5.41) is 11.3. The highest BCUT2D eigenvalue weighted by Crippen LogP contribution is 2.02. The molecule has 0 radical (unpaired) electrons. The van der Waals surface area contributed by atoms with Crippen LogP contribution in [0.4, 0.5) is 0 Å². The van der Waals surface area contributed by atoms with Gasteiger partial charge < -0.3 is 5.32 Å². The second kappa shape index (κ2) is 7.12. The normalized spacial score (nSPS) is 11.2. The highest BCUT2D eigenvalue weighted by atomic mass is 15.4. The van der Waals surface area contributed by atoms with E-state index in [0.29, 0.717) is 0 Å². The van der Waals surface area contributed by atoms with Crippen LogP contribution in [0.1, 0.15) is 17.1 Å². The van der Waals surface area contributed by atoms with E-state index >= 15 is 0 Å². The number of hydrogen-bond donors (Lipinski definition) is 1. The minimum absolute atomic E-state index is 0.753. The van der Waals surface area contributed by atoms with E-state index < -0.39 is 0 Å². The molecule has 20 heavy (non-hydrogen) atoms. The van der Waals surface area contributed by atoms with Crippen LogP contribution < -0.4 is 5.32 Å². The SMILES string of the molecule is CNCc1cn(CCN(C)Cc2cccc(C)n2)nn1. The van der Waals surface area contributed by atoms with Crippen molar-refractivity contribution in [3.63, 3.8) is 0 Å². The molecular formula is C14H22N6. The molecule has 2 heterocycles. The van der Waals surface area contributed by atoms with Crippen LogP contribution in [0.5, 0.6) is 0 Å². The molecule has 1 N–H and O–H groups in total. The van der Waals surface area contributed by atoms with Crippen LogP contribution in [0.2, 0.25) is 0 Å². The lowest BCUT2D eigenvalue weighted by Gasteiger charge is -2.15. The van der Waals surface area contributed by atoms with Crippen molar-refractivity contribution in [3.8, 4) is 0 Å². The van der Waals surface area contributed by atoms with E-state index in [4.69, 9.17) is 0 Å². The third kappa shape index (κ3) is 4.40.